The van der Waals surface area contributed by atoms with Gasteiger partial charge in [0.15, 0.2) is 0 Å². The maximum atomic E-state index is 10.6. The zero-order chi connectivity index (χ0) is 18.5. The van der Waals surface area contributed by atoms with Crippen LogP contribution in [0.25, 0.3) is 0 Å². The Balaban J connectivity index is 0.000000324. The van der Waals surface area contributed by atoms with Gasteiger partial charge in [-0.15, -0.1) is 0 Å². The van der Waals surface area contributed by atoms with Crippen LogP contribution in [0.1, 0.15) is 54.7 Å². The molecule has 0 amide bonds. The molecule has 1 heterocycles. The first-order chi connectivity index (χ1) is 12.1. The molecule has 3 rings (SSSR count). The van der Waals surface area contributed by atoms with Crippen LogP contribution in [0.5, 0.6) is 0 Å². The molecule has 3 N–H and O–H groups in total. The summed E-state index contributed by atoms with van der Waals surface area (Å²) in [4.78, 5) is 14.6. The molecule has 1 aromatic carbocycles. The van der Waals surface area contributed by atoms with Crippen molar-refractivity contribution in [1.29, 1.82) is 0 Å². The molecule has 25 heavy (non-hydrogen) atoms. The Labute approximate surface area is 150 Å². The lowest BCUT2D eigenvalue weighted by Gasteiger charge is -1.93. The van der Waals surface area contributed by atoms with E-state index in [2.05, 4.69) is 36.0 Å². The number of carbonyl (C=O) groups excluding carboxylic acids is 1. The third-order valence-electron chi connectivity index (χ3n) is 3.15. The molecule has 1 fully saturated rings. The number of rotatable bonds is 2. The van der Waals surface area contributed by atoms with Gasteiger partial charge in [-0.3, -0.25) is 4.79 Å². The van der Waals surface area contributed by atoms with Gasteiger partial charge in [0.1, 0.15) is 12.0 Å². The highest BCUT2D eigenvalue weighted by molar-refractivity contribution is 5.75. The standard InChI is InChI=1S/C14H10N2O.C4H9N.C3H8/c15-13-4-1-11(2-5-13)3-6-14-9-12(10-17)7-8-16-14;1-5-4-2-3-4;1-3-2/h1-2,4-5,7-10H,15H2;4-5H,2-3H2,1H3;3H2,1-2H3. The minimum absolute atomic E-state index is 0.571. The number of pyridine rings is 1. The van der Waals surface area contributed by atoms with Gasteiger partial charge in [-0.25, -0.2) is 4.98 Å². The molecule has 0 unspecified atom stereocenters. The Morgan fingerprint density at radius 2 is 1.84 bits per heavy atom. The Bertz CT molecular complexity index is 695. The van der Waals surface area contributed by atoms with Crippen molar-refractivity contribution in [2.24, 2.45) is 0 Å². The van der Waals surface area contributed by atoms with E-state index in [1.54, 1.807) is 30.5 Å². The van der Waals surface area contributed by atoms with Crippen molar-refractivity contribution in [2.75, 3.05) is 12.8 Å². The predicted molar refractivity (Wildman–Crippen MR) is 105 cm³/mol. The van der Waals surface area contributed by atoms with Crippen molar-refractivity contribution in [3.8, 4) is 11.8 Å². The normalized spacial score (nSPS) is 11.6. The average molecular weight is 337 g/mol. The minimum atomic E-state index is 0.571. The molecule has 1 saturated carbocycles. The van der Waals surface area contributed by atoms with E-state index >= 15 is 0 Å². The molecule has 4 heteroatoms. The fraction of sp³-hybridized carbons (Fsp3) is 0.333. The van der Waals surface area contributed by atoms with Gasteiger partial charge >= 0.3 is 0 Å². The van der Waals surface area contributed by atoms with Crippen LogP contribution in [0.15, 0.2) is 42.6 Å². The largest absolute Gasteiger partial charge is 0.399 e. The van der Waals surface area contributed by atoms with Crippen molar-refractivity contribution >= 4 is 12.0 Å². The van der Waals surface area contributed by atoms with Crippen molar-refractivity contribution in [3.05, 3.63) is 59.4 Å². The van der Waals surface area contributed by atoms with E-state index in [1.165, 1.54) is 19.3 Å². The summed E-state index contributed by atoms with van der Waals surface area (Å²) in [6, 6.07) is 11.4. The van der Waals surface area contributed by atoms with Crippen LogP contribution in [0, 0.1) is 11.8 Å². The topological polar surface area (TPSA) is 68.0 Å². The van der Waals surface area contributed by atoms with Gasteiger partial charge in [-0.05, 0) is 62.2 Å². The van der Waals surface area contributed by atoms with E-state index in [0.717, 1.165) is 17.9 Å². The number of nitrogens with two attached hydrogens (primary N) is 1. The van der Waals surface area contributed by atoms with Crippen LogP contribution in [-0.2, 0) is 0 Å². The number of hydrogen-bond acceptors (Lipinski definition) is 4. The van der Waals surface area contributed by atoms with Gasteiger partial charge in [0.05, 0.1) is 0 Å². The lowest BCUT2D eigenvalue weighted by atomic mass is 10.2. The number of hydrogen-bond donors (Lipinski definition) is 2. The van der Waals surface area contributed by atoms with Gasteiger partial charge in [-0.1, -0.05) is 26.2 Å². The maximum absolute atomic E-state index is 10.6. The van der Waals surface area contributed by atoms with E-state index in [1.807, 2.05) is 19.2 Å². The van der Waals surface area contributed by atoms with Crippen molar-refractivity contribution in [1.82, 2.24) is 10.3 Å². The van der Waals surface area contributed by atoms with Gasteiger partial charge in [0.2, 0.25) is 0 Å². The second-order valence-electron chi connectivity index (χ2n) is 5.73. The molecule has 4 nitrogen and oxygen atoms in total. The number of nitrogens with one attached hydrogen (secondary N) is 1. The molecule has 1 aliphatic rings. The Hall–Kier alpha value is -2.64. The number of nitrogens with zero attached hydrogens (tertiary/aromatic N) is 1. The number of nitrogen functional groups attached to an aromatic ring is 1. The molecular formula is C21H27N3O. The fourth-order valence-corrected chi connectivity index (χ4v) is 1.66. The summed E-state index contributed by atoms with van der Waals surface area (Å²) in [5, 5.41) is 3.14. The molecule has 132 valence electrons. The van der Waals surface area contributed by atoms with Crippen molar-refractivity contribution in [2.45, 2.75) is 39.2 Å². The Morgan fingerprint density at radius 3 is 2.32 bits per heavy atom. The van der Waals surface area contributed by atoms with E-state index in [0.29, 0.717) is 16.9 Å². The molecule has 0 atom stereocenters. The van der Waals surface area contributed by atoms with Crippen LogP contribution in [0.2, 0.25) is 0 Å². The van der Waals surface area contributed by atoms with E-state index in [4.69, 9.17) is 5.73 Å². The maximum Gasteiger partial charge on any atom is 0.150 e. The number of aromatic nitrogens is 1. The van der Waals surface area contributed by atoms with Crippen LogP contribution < -0.4 is 11.1 Å². The zero-order valence-electron chi connectivity index (χ0n) is 15.3. The Kier molecular flexibility index (Phi) is 9.65. The summed E-state index contributed by atoms with van der Waals surface area (Å²) in [6.07, 6.45) is 6.39. The van der Waals surface area contributed by atoms with Crippen LogP contribution in [0.4, 0.5) is 5.69 Å². The van der Waals surface area contributed by atoms with Crippen molar-refractivity contribution in [3.63, 3.8) is 0 Å². The van der Waals surface area contributed by atoms with Gasteiger partial charge in [0, 0.05) is 29.1 Å². The monoisotopic (exact) mass is 337 g/mol. The molecular weight excluding hydrogens is 310 g/mol. The first-order valence-corrected chi connectivity index (χ1v) is 8.58. The van der Waals surface area contributed by atoms with Gasteiger partial charge in [-0.2, -0.15) is 0 Å². The second-order valence-corrected chi connectivity index (χ2v) is 5.73. The second kappa shape index (κ2) is 11.8. The first-order valence-electron chi connectivity index (χ1n) is 8.58. The highest BCUT2D eigenvalue weighted by atomic mass is 16.1. The summed E-state index contributed by atoms with van der Waals surface area (Å²) in [5.41, 5.74) is 8.28. The zero-order valence-corrected chi connectivity index (χ0v) is 15.3. The molecule has 1 aromatic heterocycles. The predicted octanol–water partition coefficient (Wildman–Crippen LogP) is 3.66. The number of aldehydes is 1. The lowest BCUT2D eigenvalue weighted by molar-refractivity contribution is 0.112. The third kappa shape index (κ3) is 9.29. The molecule has 0 aliphatic heterocycles. The first kappa shape index (κ1) is 20.4. The Morgan fingerprint density at radius 1 is 1.20 bits per heavy atom. The smallest absolute Gasteiger partial charge is 0.150 e. The summed E-state index contributed by atoms with van der Waals surface area (Å²) >= 11 is 0. The fourth-order valence-electron chi connectivity index (χ4n) is 1.66. The molecule has 0 bridgehead atoms. The summed E-state index contributed by atoms with van der Waals surface area (Å²) in [6.45, 7) is 4.25. The lowest BCUT2D eigenvalue weighted by Crippen LogP contribution is -2.06. The van der Waals surface area contributed by atoms with Gasteiger partial charge < -0.3 is 11.1 Å². The molecule has 0 radical (unpaired) electrons. The average Bonchev–Trinajstić information content (AvgIpc) is 3.47. The molecule has 0 spiro atoms. The number of anilines is 1. The van der Waals surface area contributed by atoms with E-state index < -0.39 is 0 Å². The third-order valence-corrected chi connectivity index (χ3v) is 3.15. The van der Waals surface area contributed by atoms with Crippen LogP contribution in [-0.4, -0.2) is 24.4 Å². The molecule has 2 aromatic rings. The quantitative estimate of drug-likeness (QED) is 0.498. The number of benzene rings is 1. The van der Waals surface area contributed by atoms with Gasteiger partial charge in [0.25, 0.3) is 0 Å². The van der Waals surface area contributed by atoms with E-state index in [9.17, 15) is 4.79 Å². The van der Waals surface area contributed by atoms with Crippen LogP contribution in [0.3, 0.4) is 0 Å². The molecule has 1 aliphatic carbocycles. The number of carbonyl (C=O) groups is 1. The van der Waals surface area contributed by atoms with Crippen LogP contribution >= 0.6 is 0 Å². The highest BCUT2D eigenvalue weighted by Crippen LogP contribution is 2.17. The molecule has 0 saturated heterocycles. The highest BCUT2D eigenvalue weighted by Gasteiger charge is 2.17. The summed E-state index contributed by atoms with van der Waals surface area (Å²) < 4.78 is 0. The SMILES string of the molecule is CCC.CNC1CC1.Nc1ccc(C#Cc2cc(C=O)ccn2)cc1. The van der Waals surface area contributed by atoms with E-state index in [-0.39, 0.29) is 0 Å². The van der Waals surface area contributed by atoms with Crippen molar-refractivity contribution < 1.29 is 4.79 Å². The summed E-state index contributed by atoms with van der Waals surface area (Å²) in [7, 11) is 2.01. The summed E-state index contributed by atoms with van der Waals surface area (Å²) in [5.74, 6) is 5.85. The minimum Gasteiger partial charge on any atom is -0.399 e.